The lowest BCUT2D eigenvalue weighted by molar-refractivity contribution is -0.147. The van der Waals surface area contributed by atoms with Crippen LogP contribution in [0.4, 0.5) is 0 Å². The van der Waals surface area contributed by atoms with Crippen molar-refractivity contribution in [3.63, 3.8) is 0 Å². The summed E-state index contributed by atoms with van der Waals surface area (Å²) in [5, 5.41) is 2.90. The van der Waals surface area contributed by atoms with Gasteiger partial charge in [-0.2, -0.15) is 0 Å². The Balaban J connectivity index is 0. The molecule has 0 aliphatic rings. The summed E-state index contributed by atoms with van der Waals surface area (Å²) < 4.78 is 5.05. The number of carbonyl (C=O) groups excluding carboxylic acids is 1. The van der Waals surface area contributed by atoms with E-state index in [1.807, 2.05) is 34.6 Å². The van der Waals surface area contributed by atoms with E-state index in [2.05, 4.69) is 5.32 Å². The van der Waals surface area contributed by atoms with Gasteiger partial charge in [-0.15, -0.1) is 0 Å². The Morgan fingerprint density at radius 3 is 2.14 bits per heavy atom. The molecule has 0 bridgehead atoms. The summed E-state index contributed by atoms with van der Waals surface area (Å²) in [4.78, 5) is 11.2. The van der Waals surface area contributed by atoms with Crippen molar-refractivity contribution in [2.24, 2.45) is 5.92 Å². The molecule has 0 aromatic heterocycles. The second kappa shape index (κ2) is 10.5. The van der Waals surface area contributed by atoms with Crippen LogP contribution in [0.5, 0.6) is 0 Å². The molecule has 0 saturated heterocycles. The maximum Gasteiger partial charge on any atom is 0.323 e. The van der Waals surface area contributed by atoms with Crippen molar-refractivity contribution >= 4 is 5.97 Å². The fourth-order valence-electron chi connectivity index (χ4n) is 0.838. The first kappa shape index (κ1) is 15.9. The highest BCUT2D eigenvalue weighted by Gasteiger charge is 2.15. The topological polar surface area (TPSA) is 38.3 Å². The quantitative estimate of drug-likeness (QED) is 0.696. The molecule has 0 heterocycles. The average Bonchev–Trinajstić information content (AvgIpc) is 2.19. The number of hydrogen-bond acceptors (Lipinski definition) is 3. The fourth-order valence-corrected chi connectivity index (χ4v) is 0.838. The van der Waals surface area contributed by atoms with Gasteiger partial charge in [0, 0.05) is 0 Å². The Morgan fingerprint density at radius 2 is 1.86 bits per heavy atom. The number of esters is 1. The molecule has 1 unspecified atom stereocenters. The first-order valence-electron chi connectivity index (χ1n) is 5.45. The van der Waals surface area contributed by atoms with Crippen LogP contribution in [-0.2, 0) is 9.53 Å². The van der Waals surface area contributed by atoms with E-state index in [-0.39, 0.29) is 12.0 Å². The summed E-state index contributed by atoms with van der Waals surface area (Å²) >= 11 is 0. The van der Waals surface area contributed by atoms with Crippen LogP contribution in [0.25, 0.3) is 0 Å². The van der Waals surface area contributed by atoms with Crippen LogP contribution < -0.4 is 5.32 Å². The third-order valence-corrected chi connectivity index (χ3v) is 1.60. The van der Waals surface area contributed by atoms with E-state index in [1.54, 1.807) is 7.05 Å². The number of ether oxygens (including phenoxy) is 1. The number of nitrogens with one attached hydrogen (secondary N) is 1. The van der Waals surface area contributed by atoms with E-state index in [0.29, 0.717) is 12.5 Å². The molecule has 0 spiro atoms. The molecule has 0 aromatic rings. The first-order chi connectivity index (χ1) is 6.61. The number of rotatable bonds is 5. The van der Waals surface area contributed by atoms with E-state index in [9.17, 15) is 4.79 Å². The lowest BCUT2D eigenvalue weighted by Gasteiger charge is -2.13. The fraction of sp³-hybridized carbons (Fsp3) is 0.909. The minimum Gasteiger partial charge on any atom is -0.464 e. The molecule has 0 saturated carbocycles. The zero-order chi connectivity index (χ0) is 11.6. The van der Waals surface area contributed by atoms with Crippen LogP contribution >= 0.6 is 0 Å². The van der Waals surface area contributed by atoms with Gasteiger partial charge in [-0.25, -0.2) is 0 Å². The highest BCUT2D eigenvalue weighted by atomic mass is 16.5. The standard InChI is InChI=1S/C9H19NO2.C2H6/c1-5-8(10-4)9(11)12-6-7(2)3;1-2/h7-8,10H,5-6H2,1-4H3;1-2H3. The molecule has 86 valence electrons. The zero-order valence-electron chi connectivity index (χ0n) is 10.4. The van der Waals surface area contributed by atoms with E-state index in [1.165, 1.54) is 0 Å². The summed E-state index contributed by atoms with van der Waals surface area (Å²) in [5.41, 5.74) is 0. The number of carbonyl (C=O) groups is 1. The lowest BCUT2D eigenvalue weighted by Crippen LogP contribution is -2.35. The summed E-state index contributed by atoms with van der Waals surface area (Å²) in [5.74, 6) is 0.261. The third kappa shape index (κ3) is 8.05. The van der Waals surface area contributed by atoms with Crippen molar-refractivity contribution < 1.29 is 9.53 Å². The average molecular weight is 203 g/mol. The molecule has 3 nitrogen and oxygen atoms in total. The number of likely N-dealkylation sites (N-methyl/N-ethyl adjacent to an activating group) is 1. The molecule has 3 heteroatoms. The molecular weight excluding hydrogens is 178 g/mol. The Bertz CT molecular complexity index is 131. The SMILES string of the molecule is CC.CCC(NC)C(=O)OCC(C)C. The molecule has 0 aliphatic carbocycles. The van der Waals surface area contributed by atoms with Gasteiger partial charge in [0.2, 0.25) is 0 Å². The van der Waals surface area contributed by atoms with Gasteiger partial charge in [0.15, 0.2) is 0 Å². The normalized spacial score (nSPS) is 11.6. The third-order valence-electron chi connectivity index (χ3n) is 1.60. The van der Waals surface area contributed by atoms with E-state index in [4.69, 9.17) is 4.74 Å². The summed E-state index contributed by atoms with van der Waals surface area (Å²) in [7, 11) is 1.77. The van der Waals surface area contributed by atoms with E-state index < -0.39 is 0 Å². The molecule has 0 radical (unpaired) electrons. The van der Waals surface area contributed by atoms with Gasteiger partial charge in [0.1, 0.15) is 6.04 Å². The maximum absolute atomic E-state index is 11.2. The first-order valence-corrected chi connectivity index (χ1v) is 5.45. The van der Waals surface area contributed by atoms with Gasteiger partial charge >= 0.3 is 5.97 Å². The Kier molecular flexibility index (Phi) is 11.9. The van der Waals surface area contributed by atoms with Crippen molar-refractivity contribution in [2.45, 2.75) is 47.1 Å². The summed E-state index contributed by atoms with van der Waals surface area (Å²) in [6.07, 6.45) is 0.771. The molecule has 1 N–H and O–H groups in total. The van der Waals surface area contributed by atoms with E-state index in [0.717, 1.165) is 6.42 Å². The molecule has 0 aromatic carbocycles. The van der Waals surface area contributed by atoms with Crippen molar-refractivity contribution in [1.29, 1.82) is 0 Å². The van der Waals surface area contributed by atoms with Crippen molar-refractivity contribution in [2.75, 3.05) is 13.7 Å². The largest absolute Gasteiger partial charge is 0.464 e. The van der Waals surface area contributed by atoms with Gasteiger partial charge in [-0.05, 0) is 19.4 Å². The van der Waals surface area contributed by atoms with Gasteiger partial charge < -0.3 is 10.1 Å². The number of hydrogen-bond donors (Lipinski definition) is 1. The van der Waals surface area contributed by atoms with Crippen molar-refractivity contribution in [1.82, 2.24) is 5.32 Å². The van der Waals surface area contributed by atoms with Crippen LogP contribution in [0.1, 0.15) is 41.0 Å². The second-order valence-corrected chi connectivity index (χ2v) is 3.27. The van der Waals surface area contributed by atoms with Crippen LogP contribution in [0.3, 0.4) is 0 Å². The second-order valence-electron chi connectivity index (χ2n) is 3.27. The summed E-state index contributed by atoms with van der Waals surface area (Å²) in [6, 6.07) is -0.149. The summed E-state index contributed by atoms with van der Waals surface area (Å²) in [6.45, 7) is 10.5. The molecule has 14 heavy (non-hydrogen) atoms. The predicted molar refractivity (Wildman–Crippen MR) is 60.3 cm³/mol. The minimum absolute atomic E-state index is 0.145. The molecule has 0 aliphatic heterocycles. The minimum atomic E-state index is -0.149. The molecule has 0 amide bonds. The van der Waals surface area contributed by atoms with Crippen LogP contribution in [0.2, 0.25) is 0 Å². The van der Waals surface area contributed by atoms with Crippen LogP contribution in [0, 0.1) is 5.92 Å². The van der Waals surface area contributed by atoms with Gasteiger partial charge in [0.05, 0.1) is 6.61 Å². The van der Waals surface area contributed by atoms with Crippen LogP contribution in [0.15, 0.2) is 0 Å². The zero-order valence-corrected chi connectivity index (χ0v) is 10.4. The smallest absolute Gasteiger partial charge is 0.323 e. The van der Waals surface area contributed by atoms with Crippen molar-refractivity contribution in [3.8, 4) is 0 Å². The van der Waals surface area contributed by atoms with Gasteiger partial charge in [-0.1, -0.05) is 34.6 Å². The molecular formula is C11H25NO2. The Hall–Kier alpha value is -0.570. The Labute approximate surface area is 88.2 Å². The van der Waals surface area contributed by atoms with Crippen molar-refractivity contribution in [3.05, 3.63) is 0 Å². The molecule has 0 fully saturated rings. The molecule has 1 atom stereocenters. The molecule has 0 rings (SSSR count). The van der Waals surface area contributed by atoms with Gasteiger partial charge in [-0.3, -0.25) is 4.79 Å². The highest BCUT2D eigenvalue weighted by Crippen LogP contribution is 1.98. The Morgan fingerprint density at radius 1 is 1.36 bits per heavy atom. The lowest BCUT2D eigenvalue weighted by atomic mass is 10.2. The van der Waals surface area contributed by atoms with Gasteiger partial charge in [0.25, 0.3) is 0 Å². The predicted octanol–water partition coefficient (Wildman–Crippen LogP) is 2.21. The van der Waals surface area contributed by atoms with Crippen LogP contribution in [-0.4, -0.2) is 25.7 Å². The van der Waals surface area contributed by atoms with E-state index >= 15 is 0 Å². The highest BCUT2D eigenvalue weighted by molar-refractivity contribution is 5.75. The maximum atomic E-state index is 11.2. The monoisotopic (exact) mass is 203 g/mol.